The van der Waals surface area contributed by atoms with Gasteiger partial charge in [0.05, 0.1) is 17.4 Å². The van der Waals surface area contributed by atoms with Crippen LogP contribution in [0.3, 0.4) is 0 Å². The molecule has 1 heterocycles. The molecule has 1 N–H and O–H groups in total. The van der Waals surface area contributed by atoms with E-state index in [1.54, 1.807) is 48.5 Å². The average Bonchev–Trinajstić information content (AvgIpc) is 2.83. The Bertz CT molecular complexity index is 1440. The molecular weight excluding hydrogens is 440 g/mol. The third-order valence-corrected chi connectivity index (χ3v) is 5.55. The van der Waals surface area contributed by atoms with Crippen molar-refractivity contribution in [1.82, 2.24) is 14.5 Å². The molecule has 8 heteroatoms. The molecule has 0 saturated carbocycles. The molecule has 3 aromatic carbocycles. The van der Waals surface area contributed by atoms with Gasteiger partial charge in [0.25, 0.3) is 5.56 Å². The first-order valence-corrected chi connectivity index (χ1v) is 10.9. The van der Waals surface area contributed by atoms with Gasteiger partial charge in [-0.2, -0.15) is 0 Å². The Balaban J connectivity index is 1.50. The molecule has 1 aromatic heterocycles. The minimum atomic E-state index is -0.514. The highest BCUT2D eigenvalue weighted by molar-refractivity contribution is 5.78. The zero-order chi connectivity index (χ0) is 24.1. The molecule has 0 atom stereocenters. The molecule has 0 aliphatic heterocycles. The van der Waals surface area contributed by atoms with Crippen molar-refractivity contribution in [2.75, 3.05) is 0 Å². The number of halogens is 2. The molecular formula is C26H23F2N3O3. The smallest absolute Gasteiger partial charge is 0.331 e. The molecule has 0 aliphatic carbocycles. The molecule has 4 rings (SSSR count). The molecule has 4 aromatic rings. The van der Waals surface area contributed by atoms with Crippen LogP contribution >= 0.6 is 0 Å². The average molecular weight is 463 g/mol. The predicted octanol–water partition coefficient (Wildman–Crippen LogP) is 3.59. The van der Waals surface area contributed by atoms with Crippen LogP contribution in [0.4, 0.5) is 8.78 Å². The minimum absolute atomic E-state index is 0.0651. The zero-order valence-corrected chi connectivity index (χ0v) is 18.3. The lowest BCUT2D eigenvalue weighted by Gasteiger charge is -2.14. The maximum Gasteiger partial charge on any atom is 0.331 e. The monoisotopic (exact) mass is 463 g/mol. The van der Waals surface area contributed by atoms with E-state index in [0.29, 0.717) is 16.5 Å². The molecule has 6 nitrogen and oxygen atoms in total. The van der Waals surface area contributed by atoms with Crippen LogP contribution in [0, 0.1) is 11.6 Å². The van der Waals surface area contributed by atoms with E-state index >= 15 is 0 Å². The van der Waals surface area contributed by atoms with E-state index in [9.17, 15) is 23.2 Å². The number of aromatic nitrogens is 2. The molecule has 34 heavy (non-hydrogen) atoms. The van der Waals surface area contributed by atoms with Gasteiger partial charge in [0.1, 0.15) is 11.6 Å². The lowest BCUT2D eigenvalue weighted by atomic mass is 10.2. The maximum atomic E-state index is 13.7. The lowest BCUT2D eigenvalue weighted by Crippen LogP contribution is -2.40. The van der Waals surface area contributed by atoms with Crippen LogP contribution in [-0.2, 0) is 24.4 Å². The van der Waals surface area contributed by atoms with Crippen LogP contribution < -0.4 is 16.6 Å². The second kappa shape index (κ2) is 10.2. The van der Waals surface area contributed by atoms with Gasteiger partial charge in [0, 0.05) is 19.5 Å². The van der Waals surface area contributed by atoms with E-state index in [-0.39, 0.29) is 44.2 Å². The second-order valence-electron chi connectivity index (χ2n) is 7.98. The van der Waals surface area contributed by atoms with Gasteiger partial charge in [-0.05, 0) is 53.9 Å². The van der Waals surface area contributed by atoms with E-state index < -0.39 is 17.1 Å². The molecule has 1 amide bonds. The lowest BCUT2D eigenvalue weighted by molar-refractivity contribution is -0.121. The topological polar surface area (TPSA) is 73.1 Å². The molecule has 0 spiro atoms. The Hall–Kier alpha value is -4.07. The van der Waals surface area contributed by atoms with Crippen LogP contribution in [0.25, 0.3) is 10.9 Å². The first-order chi connectivity index (χ1) is 16.4. The summed E-state index contributed by atoms with van der Waals surface area (Å²) in [5.41, 5.74) is 0.885. The van der Waals surface area contributed by atoms with Gasteiger partial charge in [-0.1, -0.05) is 36.4 Å². The molecule has 0 fully saturated rings. The first kappa shape index (κ1) is 23.1. The summed E-state index contributed by atoms with van der Waals surface area (Å²) in [5.74, 6) is -0.993. The number of fused-ring (bicyclic) bond motifs is 1. The molecule has 0 aliphatic rings. The standard InChI is InChI=1S/C26H23F2N3O3/c27-20-12-10-18(11-13-20)16-29-24(32)9-4-14-30-25(33)22-7-1-2-8-23(22)31(26(30)34)17-19-5-3-6-21(28)15-19/h1-3,5-8,10-13,15H,4,9,14,16-17H2,(H,29,32). The van der Waals surface area contributed by atoms with E-state index in [2.05, 4.69) is 5.32 Å². The largest absolute Gasteiger partial charge is 0.352 e. The highest BCUT2D eigenvalue weighted by Gasteiger charge is 2.14. The van der Waals surface area contributed by atoms with Gasteiger partial charge in [-0.3, -0.25) is 18.7 Å². The summed E-state index contributed by atoms with van der Waals surface area (Å²) in [6.07, 6.45) is 0.395. The van der Waals surface area contributed by atoms with Crippen molar-refractivity contribution in [3.63, 3.8) is 0 Å². The molecule has 0 bridgehead atoms. The molecule has 0 unspecified atom stereocenters. The summed E-state index contributed by atoms with van der Waals surface area (Å²) < 4.78 is 29.2. The third-order valence-electron chi connectivity index (χ3n) is 5.55. The number of amides is 1. The fraction of sp³-hybridized carbons (Fsp3) is 0.192. The number of hydrogen-bond donors (Lipinski definition) is 1. The van der Waals surface area contributed by atoms with Crippen LogP contribution in [0.1, 0.15) is 24.0 Å². The van der Waals surface area contributed by atoms with Gasteiger partial charge in [-0.25, -0.2) is 13.6 Å². The number of benzene rings is 3. The Morgan fingerprint density at radius 1 is 0.824 bits per heavy atom. The van der Waals surface area contributed by atoms with Crippen molar-refractivity contribution in [2.45, 2.75) is 32.5 Å². The number of hydrogen-bond acceptors (Lipinski definition) is 3. The Morgan fingerprint density at radius 2 is 1.59 bits per heavy atom. The first-order valence-electron chi connectivity index (χ1n) is 10.9. The van der Waals surface area contributed by atoms with E-state index in [0.717, 1.165) is 10.1 Å². The minimum Gasteiger partial charge on any atom is -0.352 e. The van der Waals surface area contributed by atoms with Crippen molar-refractivity contribution >= 4 is 16.8 Å². The van der Waals surface area contributed by atoms with Crippen LogP contribution in [0.15, 0.2) is 82.4 Å². The van der Waals surface area contributed by atoms with Crippen LogP contribution in [-0.4, -0.2) is 15.0 Å². The SMILES string of the molecule is O=C(CCCn1c(=O)c2ccccc2n(Cc2cccc(F)c2)c1=O)NCc1ccc(F)cc1. The highest BCUT2D eigenvalue weighted by atomic mass is 19.1. The number of rotatable bonds is 8. The summed E-state index contributed by atoms with van der Waals surface area (Å²) in [6, 6.07) is 18.6. The fourth-order valence-corrected chi connectivity index (χ4v) is 3.83. The number of para-hydroxylation sites is 1. The summed E-state index contributed by atoms with van der Waals surface area (Å²) >= 11 is 0. The van der Waals surface area contributed by atoms with Gasteiger partial charge < -0.3 is 5.32 Å². The third kappa shape index (κ3) is 5.28. The summed E-state index contributed by atoms with van der Waals surface area (Å²) in [7, 11) is 0. The predicted molar refractivity (Wildman–Crippen MR) is 125 cm³/mol. The molecule has 0 radical (unpaired) electrons. The summed E-state index contributed by atoms with van der Waals surface area (Å²) in [5, 5.41) is 3.12. The van der Waals surface area contributed by atoms with E-state index in [1.807, 2.05) is 0 Å². The highest BCUT2D eigenvalue weighted by Crippen LogP contribution is 2.12. The van der Waals surface area contributed by atoms with E-state index in [4.69, 9.17) is 0 Å². The number of nitrogens with zero attached hydrogens (tertiary/aromatic N) is 2. The van der Waals surface area contributed by atoms with Gasteiger partial charge in [0.2, 0.25) is 5.91 Å². The second-order valence-corrected chi connectivity index (χ2v) is 7.98. The van der Waals surface area contributed by atoms with Gasteiger partial charge >= 0.3 is 5.69 Å². The van der Waals surface area contributed by atoms with Crippen molar-refractivity contribution in [3.05, 3.63) is 116 Å². The number of nitrogens with one attached hydrogen (secondary N) is 1. The summed E-state index contributed by atoms with van der Waals surface area (Å²) in [4.78, 5) is 38.4. The van der Waals surface area contributed by atoms with Gasteiger partial charge in [-0.15, -0.1) is 0 Å². The quantitative estimate of drug-likeness (QED) is 0.434. The van der Waals surface area contributed by atoms with E-state index in [1.165, 1.54) is 28.8 Å². The van der Waals surface area contributed by atoms with Crippen molar-refractivity contribution < 1.29 is 13.6 Å². The normalized spacial score (nSPS) is 11.0. The zero-order valence-electron chi connectivity index (χ0n) is 18.3. The van der Waals surface area contributed by atoms with Crippen molar-refractivity contribution in [2.24, 2.45) is 0 Å². The fourth-order valence-electron chi connectivity index (χ4n) is 3.83. The Kier molecular flexibility index (Phi) is 6.96. The van der Waals surface area contributed by atoms with Crippen LogP contribution in [0.2, 0.25) is 0 Å². The van der Waals surface area contributed by atoms with Gasteiger partial charge in [0.15, 0.2) is 0 Å². The number of carbonyl (C=O) groups excluding carboxylic acids is 1. The Morgan fingerprint density at radius 3 is 2.35 bits per heavy atom. The Labute approximate surface area is 194 Å². The molecule has 0 saturated heterocycles. The summed E-state index contributed by atoms with van der Waals surface area (Å²) in [6.45, 7) is 0.431. The van der Waals surface area contributed by atoms with Crippen molar-refractivity contribution in [1.29, 1.82) is 0 Å². The number of carbonyl (C=O) groups is 1. The van der Waals surface area contributed by atoms with Crippen LogP contribution in [0.5, 0.6) is 0 Å². The maximum absolute atomic E-state index is 13.7. The van der Waals surface area contributed by atoms with Crippen molar-refractivity contribution in [3.8, 4) is 0 Å². The molecule has 174 valence electrons.